The largest absolute Gasteiger partial charge is 0.376 e. The lowest BCUT2D eigenvalue weighted by atomic mass is 9.89. The monoisotopic (exact) mass is 476 g/mol. The number of aliphatic hydroxyl groups excluding tert-OH is 1. The van der Waals surface area contributed by atoms with Crippen LogP contribution in [-0.2, 0) is 27.2 Å². The Kier molecular flexibility index (Phi) is 9.81. The fourth-order valence-electron chi connectivity index (χ4n) is 4.24. The molecule has 0 unspecified atom stereocenters. The molecule has 2 aromatic rings. The van der Waals surface area contributed by atoms with Gasteiger partial charge >= 0.3 is 0 Å². The SMILES string of the molecule is N#C[C@H](O)[C@H](C[C@@H]1CCCNC1=O)NC(=O)[C@H](Cc1ccccc1)NC(=O)CCc1ccccc1. The van der Waals surface area contributed by atoms with E-state index in [1.54, 1.807) is 6.07 Å². The quantitative estimate of drug-likeness (QED) is 0.366. The van der Waals surface area contributed by atoms with Gasteiger partial charge in [0.1, 0.15) is 6.04 Å². The van der Waals surface area contributed by atoms with Crippen molar-refractivity contribution in [2.24, 2.45) is 5.92 Å². The number of rotatable bonds is 11. The molecule has 35 heavy (non-hydrogen) atoms. The topological polar surface area (TPSA) is 131 Å². The minimum Gasteiger partial charge on any atom is -0.376 e. The Morgan fingerprint density at radius 3 is 2.34 bits per heavy atom. The number of hydrogen-bond donors (Lipinski definition) is 4. The second-order valence-corrected chi connectivity index (χ2v) is 8.85. The summed E-state index contributed by atoms with van der Waals surface area (Å²) in [5, 5.41) is 27.9. The van der Waals surface area contributed by atoms with Crippen molar-refractivity contribution < 1.29 is 19.5 Å². The third-order valence-corrected chi connectivity index (χ3v) is 6.20. The maximum Gasteiger partial charge on any atom is 0.243 e. The highest BCUT2D eigenvalue weighted by Gasteiger charge is 2.32. The second kappa shape index (κ2) is 13.3. The van der Waals surface area contributed by atoms with E-state index in [0.717, 1.165) is 17.5 Å². The smallest absolute Gasteiger partial charge is 0.243 e. The van der Waals surface area contributed by atoms with Crippen molar-refractivity contribution in [3.63, 3.8) is 0 Å². The number of hydrogen-bond acceptors (Lipinski definition) is 5. The van der Waals surface area contributed by atoms with Crippen molar-refractivity contribution in [2.45, 2.75) is 56.7 Å². The Labute approximate surface area is 205 Å². The van der Waals surface area contributed by atoms with Gasteiger partial charge in [-0.05, 0) is 36.8 Å². The van der Waals surface area contributed by atoms with Crippen LogP contribution >= 0.6 is 0 Å². The molecule has 4 atom stereocenters. The molecular weight excluding hydrogens is 444 g/mol. The third kappa shape index (κ3) is 8.23. The maximum absolute atomic E-state index is 13.3. The van der Waals surface area contributed by atoms with Crippen LogP contribution < -0.4 is 16.0 Å². The molecule has 0 saturated carbocycles. The molecule has 3 amide bonds. The molecule has 0 aromatic heterocycles. The van der Waals surface area contributed by atoms with E-state index in [-0.39, 0.29) is 31.1 Å². The summed E-state index contributed by atoms with van der Waals surface area (Å²) in [6, 6.07) is 18.9. The van der Waals surface area contributed by atoms with E-state index in [1.165, 1.54) is 0 Å². The molecule has 0 radical (unpaired) electrons. The zero-order valence-electron chi connectivity index (χ0n) is 19.7. The molecule has 1 fully saturated rings. The molecule has 2 aromatic carbocycles. The van der Waals surface area contributed by atoms with Crippen LogP contribution in [0.2, 0.25) is 0 Å². The van der Waals surface area contributed by atoms with Crippen LogP contribution in [0.15, 0.2) is 60.7 Å². The fourth-order valence-corrected chi connectivity index (χ4v) is 4.24. The van der Waals surface area contributed by atoms with Crippen molar-refractivity contribution in [1.82, 2.24) is 16.0 Å². The lowest BCUT2D eigenvalue weighted by Gasteiger charge is -2.29. The van der Waals surface area contributed by atoms with Crippen LogP contribution in [0.25, 0.3) is 0 Å². The van der Waals surface area contributed by atoms with Gasteiger partial charge in [0, 0.05) is 25.3 Å². The summed E-state index contributed by atoms with van der Waals surface area (Å²) in [5.41, 5.74) is 1.88. The van der Waals surface area contributed by atoms with E-state index < -0.39 is 30.0 Å². The highest BCUT2D eigenvalue weighted by atomic mass is 16.3. The summed E-state index contributed by atoms with van der Waals surface area (Å²) in [6.45, 7) is 0.599. The zero-order valence-corrected chi connectivity index (χ0v) is 19.7. The van der Waals surface area contributed by atoms with Crippen LogP contribution in [0.4, 0.5) is 0 Å². The number of amides is 3. The number of nitrogens with zero attached hydrogens (tertiary/aromatic N) is 1. The van der Waals surface area contributed by atoms with Gasteiger partial charge in [0.15, 0.2) is 6.10 Å². The first-order valence-corrected chi connectivity index (χ1v) is 12.0. The Morgan fingerprint density at radius 1 is 1.06 bits per heavy atom. The van der Waals surface area contributed by atoms with Crippen LogP contribution in [0.1, 0.15) is 36.8 Å². The zero-order chi connectivity index (χ0) is 25.0. The van der Waals surface area contributed by atoms with Crippen molar-refractivity contribution in [2.75, 3.05) is 6.54 Å². The molecule has 3 rings (SSSR count). The first-order valence-electron chi connectivity index (χ1n) is 12.0. The highest BCUT2D eigenvalue weighted by molar-refractivity contribution is 5.88. The number of piperidine rings is 1. The number of benzene rings is 2. The summed E-state index contributed by atoms with van der Waals surface area (Å²) in [6.07, 6.45) is 1.11. The average Bonchev–Trinajstić information content (AvgIpc) is 2.88. The Bertz CT molecular complexity index is 1020. The Balaban J connectivity index is 1.69. The van der Waals surface area contributed by atoms with Crippen LogP contribution in [0.5, 0.6) is 0 Å². The summed E-state index contributed by atoms with van der Waals surface area (Å²) in [5.74, 6) is -1.31. The van der Waals surface area contributed by atoms with Crippen LogP contribution in [-0.4, -0.2) is 47.6 Å². The second-order valence-electron chi connectivity index (χ2n) is 8.85. The Hall–Kier alpha value is -3.70. The van der Waals surface area contributed by atoms with E-state index in [2.05, 4.69) is 16.0 Å². The maximum atomic E-state index is 13.3. The Morgan fingerprint density at radius 2 is 1.71 bits per heavy atom. The number of nitrogens with one attached hydrogen (secondary N) is 3. The summed E-state index contributed by atoms with van der Waals surface area (Å²) in [4.78, 5) is 38.2. The van der Waals surface area contributed by atoms with Crippen molar-refractivity contribution >= 4 is 17.7 Å². The van der Waals surface area contributed by atoms with Crippen molar-refractivity contribution in [3.05, 3.63) is 71.8 Å². The van der Waals surface area contributed by atoms with Gasteiger partial charge in [0.25, 0.3) is 0 Å². The molecule has 1 aliphatic heterocycles. The molecule has 0 aliphatic carbocycles. The van der Waals surface area contributed by atoms with Gasteiger partial charge < -0.3 is 21.1 Å². The van der Waals surface area contributed by atoms with Gasteiger partial charge in [-0.25, -0.2) is 0 Å². The van der Waals surface area contributed by atoms with Gasteiger partial charge in [-0.1, -0.05) is 60.7 Å². The molecule has 0 spiro atoms. The van der Waals surface area contributed by atoms with Gasteiger partial charge in [-0.3, -0.25) is 14.4 Å². The first kappa shape index (κ1) is 25.9. The van der Waals surface area contributed by atoms with Gasteiger partial charge in [0.05, 0.1) is 12.1 Å². The van der Waals surface area contributed by atoms with Gasteiger partial charge in [0.2, 0.25) is 17.7 Å². The molecule has 1 saturated heterocycles. The number of carbonyl (C=O) groups excluding carboxylic acids is 3. The molecule has 8 nitrogen and oxygen atoms in total. The average molecular weight is 477 g/mol. The molecule has 1 heterocycles. The highest BCUT2D eigenvalue weighted by Crippen LogP contribution is 2.19. The van der Waals surface area contributed by atoms with Crippen molar-refractivity contribution in [3.8, 4) is 6.07 Å². The number of aryl methyl sites for hydroxylation is 1. The van der Waals surface area contributed by atoms with Crippen LogP contribution in [0, 0.1) is 17.2 Å². The third-order valence-electron chi connectivity index (χ3n) is 6.20. The molecule has 0 bridgehead atoms. The number of aliphatic hydroxyl groups is 1. The predicted molar refractivity (Wildman–Crippen MR) is 131 cm³/mol. The van der Waals surface area contributed by atoms with Crippen LogP contribution in [0.3, 0.4) is 0 Å². The van der Waals surface area contributed by atoms with Gasteiger partial charge in [-0.2, -0.15) is 5.26 Å². The fraction of sp³-hybridized carbons (Fsp3) is 0.407. The standard InChI is InChI=1S/C27H32N4O4/c28-18-24(32)22(17-21-12-7-15-29-26(21)34)31-27(35)23(16-20-10-5-2-6-11-20)30-25(33)14-13-19-8-3-1-4-9-19/h1-6,8-11,21-24,32H,7,12-17H2,(H,29,34)(H,30,33)(H,31,35)/t21-,22-,23-,24-/m0/s1. The van der Waals surface area contributed by atoms with E-state index >= 15 is 0 Å². The van der Waals surface area contributed by atoms with E-state index in [4.69, 9.17) is 0 Å². The van der Waals surface area contributed by atoms with E-state index in [0.29, 0.717) is 19.4 Å². The molecule has 184 valence electrons. The normalized spacial score (nSPS) is 17.8. The minimum absolute atomic E-state index is 0.143. The molecule has 4 N–H and O–H groups in total. The molecule has 8 heteroatoms. The lowest BCUT2D eigenvalue weighted by molar-refractivity contribution is -0.130. The van der Waals surface area contributed by atoms with E-state index in [1.807, 2.05) is 60.7 Å². The minimum atomic E-state index is -1.47. The summed E-state index contributed by atoms with van der Waals surface area (Å²) in [7, 11) is 0. The molecule has 1 aliphatic rings. The summed E-state index contributed by atoms with van der Waals surface area (Å²) < 4.78 is 0. The first-order chi connectivity index (χ1) is 17.0. The lowest BCUT2D eigenvalue weighted by Crippen LogP contribution is -2.54. The van der Waals surface area contributed by atoms with E-state index in [9.17, 15) is 24.8 Å². The number of nitriles is 1. The van der Waals surface area contributed by atoms with Crippen molar-refractivity contribution in [1.29, 1.82) is 5.26 Å². The number of carbonyl (C=O) groups is 3. The van der Waals surface area contributed by atoms with Gasteiger partial charge in [-0.15, -0.1) is 0 Å². The molecular formula is C27H32N4O4. The predicted octanol–water partition coefficient (Wildman–Crippen LogP) is 1.63. The summed E-state index contributed by atoms with van der Waals surface area (Å²) >= 11 is 0.